The van der Waals surface area contributed by atoms with Gasteiger partial charge < -0.3 is 24.4 Å². The summed E-state index contributed by atoms with van der Waals surface area (Å²) in [4.78, 5) is 15.4. The molecule has 30 heavy (non-hydrogen) atoms. The first-order chi connectivity index (χ1) is 14.6. The van der Waals surface area contributed by atoms with E-state index in [2.05, 4.69) is 23.3 Å². The standard InChI is InChI=1S/C24H30N2O4/c1-25-18-9-7-15-13-21(28-2)23(29-3)24(30-4)22(15)16-8-10-19(20(27)14-17(16)18)26-11-5-6-12-26/h8,10,13-14,18,25H,5-7,9,11-12H2,1-4H3/p+1/t18-/m1/s1. The molecule has 0 saturated carbocycles. The highest BCUT2D eigenvalue weighted by atomic mass is 16.5. The summed E-state index contributed by atoms with van der Waals surface area (Å²) in [5.74, 6) is 1.90. The van der Waals surface area contributed by atoms with Crippen molar-refractivity contribution in [2.75, 3.05) is 46.4 Å². The maximum absolute atomic E-state index is 13.2. The zero-order valence-corrected chi connectivity index (χ0v) is 18.3. The molecule has 2 aromatic carbocycles. The van der Waals surface area contributed by atoms with E-state index in [-0.39, 0.29) is 11.5 Å². The van der Waals surface area contributed by atoms with Crippen molar-refractivity contribution in [1.29, 1.82) is 0 Å². The molecule has 2 N–H and O–H groups in total. The highest BCUT2D eigenvalue weighted by Gasteiger charge is 2.30. The Labute approximate surface area is 177 Å². The van der Waals surface area contributed by atoms with Crippen LogP contribution in [-0.4, -0.2) is 41.5 Å². The Balaban J connectivity index is 2.02. The fraction of sp³-hybridized carbons (Fsp3) is 0.458. The molecular formula is C24H31N2O4+. The van der Waals surface area contributed by atoms with E-state index < -0.39 is 0 Å². The van der Waals surface area contributed by atoms with Crippen molar-refractivity contribution in [1.82, 2.24) is 0 Å². The van der Waals surface area contributed by atoms with Gasteiger partial charge in [-0.05, 0) is 48.6 Å². The summed E-state index contributed by atoms with van der Waals surface area (Å²) in [6.45, 7) is 1.89. The number of fused-ring (bicyclic) bond motifs is 3. The molecule has 0 aromatic heterocycles. The van der Waals surface area contributed by atoms with Crippen LogP contribution in [-0.2, 0) is 6.42 Å². The third-order valence-corrected chi connectivity index (χ3v) is 6.41. The molecular weight excluding hydrogens is 380 g/mol. The van der Waals surface area contributed by atoms with Crippen molar-refractivity contribution < 1.29 is 19.5 Å². The molecule has 4 rings (SSSR count). The average Bonchev–Trinajstić information content (AvgIpc) is 3.18. The normalized spacial score (nSPS) is 17.7. The summed E-state index contributed by atoms with van der Waals surface area (Å²) in [7, 11) is 6.99. The number of methoxy groups -OCH3 is 3. The molecule has 0 bridgehead atoms. The predicted octanol–water partition coefficient (Wildman–Crippen LogP) is 2.52. The lowest BCUT2D eigenvalue weighted by atomic mass is 9.95. The van der Waals surface area contributed by atoms with Gasteiger partial charge in [-0.1, -0.05) is 6.07 Å². The van der Waals surface area contributed by atoms with Gasteiger partial charge in [0.05, 0.1) is 34.1 Å². The second-order valence-corrected chi connectivity index (χ2v) is 7.95. The number of nitrogens with two attached hydrogens (primary N) is 1. The maximum atomic E-state index is 13.2. The van der Waals surface area contributed by atoms with E-state index in [9.17, 15) is 4.79 Å². The smallest absolute Gasteiger partial charge is 0.203 e. The minimum atomic E-state index is 0.0906. The molecule has 6 heteroatoms. The van der Waals surface area contributed by atoms with Crippen LogP contribution < -0.4 is 29.9 Å². The molecule has 1 aliphatic carbocycles. The van der Waals surface area contributed by atoms with Crippen LogP contribution in [0.1, 0.15) is 36.4 Å². The average molecular weight is 412 g/mol. The van der Waals surface area contributed by atoms with Crippen molar-refractivity contribution in [3.05, 3.63) is 45.6 Å². The Bertz CT molecular complexity index is 999. The number of nitrogens with zero attached hydrogens (tertiary/aromatic N) is 1. The summed E-state index contributed by atoms with van der Waals surface area (Å²) < 4.78 is 17.1. The van der Waals surface area contributed by atoms with Gasteiger partial charge in [-0.3, -0.25) is 4.79 Å². The first kappa shape index (κ1) is 20.5. The van der Waals surface area contributed by atoms with Crippen molar-refractivity contribution in [3.8, 4) is 28.4 Å². The number of quaternary nitrogens is 1. The Hall–Kier alpha value is -2.73. The number of ether oxygens (including phenoxy) is 3. The molecule has 2 aromatic rings. The molecule has 1 atom stereocenters. The van der Waals surface area contributed by atoms with E-state index in [1.54, 1.807) is 21.3 Å². The molecule has 6 nitrogen and oxygen atoms in total. The largest absolute Gasteiger partial charge is 0.493 e. The van der Waals surface area contributed by atoms with Gasteiger partial charge in [-0.15, -0.1) is 0 Å². The van der Waals surface area contributed by atoms with E-state index >= 15 is 0 Å². The minimum Gasteiger partial charge on any atom is -0.493 e. The van der Waals surface area contributed by atoms with Gasteiger partial charge in [0.25, 0.3) is 0 Å². The lowest BCUT2D eigenvalue weighted by molar-refractivity contribution is -0.670. The zero-order valence-electron chi connectivity index (χ0n) is 18.3. The van der Waals surface area contributed by atoms with E-state index in [1.165, 1.54) is 0 Å². The molecule has 160 valence electrons. The fourth-order valence-electron chi connectivity index (χ4n) is 4.90. The molecule has 1 heterocycles. The highest BCUT2D eigenvalue weighted by molar-refractivity contribution is 5.82. The van der Waals surface area contributed by atoms with Crippen molar-refractivity contribution in [2.45, 2.75) is 31.7 Å². The van der Waals surface area contributed by atoms with Crippen LogP contribution in [0.2, 0.25) is 0 Å². The third-order valence-electron chi connectivity index (χ3n) is 6.41. The topological polar surface area (TPSA) is 64.6 Å². The number of hydrogen-bond donors (Lipinski definition) is 1. The van der Waals surface area contributed by atoms with Crippen LogP contribution in [0, 0.1) is 0 Å². The Morgan fingerprint density at radius 2 is 1.73 bits per heavy atom. The fourth-order valence-corrected chi connectivity index (χ4v) is 4.90. The lowest BCUT2D eigenvalue weighted by Crippen LogP contribution is -2.81. The number of aryl methyl sites for hydroxylation is 1. The summed E-state index contributed by atoms with van der Waals surface area (Å²) in [6.07, 6.45) is 4.07. The van der Waals surface area contributed by atoms with Crippen LogP contribution in [0.5, 0.6) is 17.2 Å². The zero-order chi connectivity index (χ0) is 21.3. The lowest BCUT2D eigenvalue weighted by Gasteiger charge is -2.19. The van der Waals surface area contributed by atoms with Gasteiger partial charge in [0.15, 0.2) is 11.5 Å². The summed E-state index contributed by atoms with van der Waals surface area (Å²) in [6, 6.07) is 8.18. The molecule has 1 aliphatic heterocycles. The summed E-state index contributed by atoms with van der Waals surface area (Å²) in [5, 5.41) is 2.20. The molecule has 2 aliphatic rings. The summed E-state index contributed by atoms with van der Waals surface area (Å²) in [5.41, 5.74) is 5.11. The number of hydrogen-bond acceptors (Lipinski definition) is 5. The molecule has 0 unspecified atom stereocenters. The number of rotatable bonds is 5. The Kier molecular flexibility index (Phi) is 5.86. The number of benzene rings is 1. The van der Waals surface area contributed by atoms with Crippen LogP contribution in [0.4, 0.5) is 5.69 Å². The molecule has 1 saturated heterocycles. The van der Waals surface area contributed by atoms with Crippen LogP contribution >= 0.6 is 0 Å². The Morgan fingerprint density at radius 3 is 2.37 bits per heavy atom. The third kappa shape index (κ3) is 3.39. The second kappa shape index (κ2) is 8.56. The van der Waals surface area contributed by atoms with Crippen LogP contribution in [0.15, 0.2) is 29.1 Å². The Morgan fingerprint density at radius 1 is 1.00 bits per heavy atom. The monoisotopic (exact) mass is 411 g/mol. The number of anilines is 1. The molecule has 0 spiro atoms. The van der Waals surface area contributed by atoms with Crippen molar-refractivity contribution in [2.24, 2.45) is 0 Å². The SMILES string of the molecule is C[NH2+][C@@H]1CCc2cc(OC)c(OC)c(OC)c2-c2ccc(N3CCCC3)c(=O)cc21. The second-order valence-electron chi connectivity index (χ2n) is 7.95. The van der Waals surface area contributed by atoms with Crippen molar-refractivity contribution >= 4 is 5.69 Å². The van der Waals surface area contributed by atoms with Crippen LogP contribution in [0.25, 0.3) is 11.1 Å². The molecule has 0 amide bonds. The van der Waals surface area contributed by atoms with Gasteiger partial charge >= 0.3 is 0 Å². The highest BCUT2D eigenvalue weighted by Crippen LogP contribution is 2.49. The molecule has 0 radical (unpaired) electrons. The maximum Gasteiger partial charge on any atom is 0.203 e. The van der Waals surface area contributed by atoms with E-state index in [1.807, 2.05) is 18.2 Å². The first-order valence-electron chi connectivity index (χ1n) is 10.7. The van der Waals surface area contributed by atoms with E-state index in [0.717, 1.165) is 66.7 Å². The van der Waals surface area contributed by atoms with E-state index in [0.29, 0.717) is 17.2 Å². The first-order valence-corrected chi connectivity index (χ1v) is 10.7. The van der Waals surface area contributed by atoms with E-state index in [4.69, 9.17) is 14.2 Å². The van der Waals surface area contributed by atoms with Crippen molar-refractivity contribution in [3.63, 3.8) is 0 Å². The van der Waals surface area contributed by atoms with Gasteiger partial charge in [0, 0.05) is 30.6 Å². The van der Waals surface area contributed by atoms with Gasteiger partial charge in [-0.2, -0.15) is 0 Å². The van der Waals surface area contributed by atoms with Gasteiger partial charge in [0.2, 0.25) is 11.2 Å². The predicted molar refractivity (Wildman–Crippen MR) is 118 cm³/mol. The van der Waals surface area contributed by atoms with Gasteiger partial charge in [0.1, 0.15) is 6.04 Å². The molecule has 1 fully saturated rings. The van der Waals surface area contributed by atoms with Gasteiger partial charge in [-0.25, -0.2) is 0 Å². The summed E-state index contributed by atoms with van der Waals surface area (Å²) >= 11 is 0. The minimum absolute atomic E-state index is 0.0906. The van der Waals surface area contributed by atoms with Crippen LogP contribution in [0.3, 0.4) is 0 Å². The quantitative estimate of drug-likeness (QED) is 0.819.